The Morgan fingerprint density at radius 3 is 2.52 bits per heavy atom. The number of nitrogens with one attached hydrogen (secondary N) is 1. The van der Waals surface area contributed by atoms with E-state index in [-0.39, 0.29) is 18.0 Å². The van der Waals surface area contributed by atoms with Crippen LogP contribution in [-0.4, -0.2) is 36.8 Å². The van der Waals surface area contributed by atoms with Gasteiger partial charge < -0.3 is 10.4 Å². The normalized spacial score (nSPS) is 19.8. The molecule has 2 aromatic carbocycles. The van der Waals surface area contributed by atoms with Gasteiger partial charge in [-0.25, -0.2) is 8.42 Å². The van der Waals surface area contributed by atoms with Gasteiger partial charge in [-0.2, -0.15) is 4.31 Å². The summed E-state index contributed by atoms with van der Waals surface area (Å²) in [5.41, 5.74) is 0.958. The summed E-state index contributed by atoms with van der Waals surface area (Å²) in [5, 5.41) is 12.8. The number of fused-ring (bicyclic) bond motifs is 1. The zero-order valence-electron chi connectivity index (χ0n) is 12.2. The first kappa shape index (κ1) is 15.7. The Morgan fingerprint density at radius 2 is 1.78 bits per heavy atom. The van der Waals surface area contributed by atoms with Gasteiger partial charge in [0.2, 0.25) is 15.9 Å². The number of benzene rings is 2. The lowest BCUT2D eigenvalue weighted by molar-refractivity contribution is -0.116. The third kappa shape index (κ3) is 3.12. The van der Waals surface area contributed by atoms with Gasteiger partial charge in [0.05, 0.1) is 17.5 Å². The van der Waals surface area contributed by atoms with Crippen molar-refractivity contribution >= 4 is 21.6 Å². The molecule has 2 aromatic rings. The molecule has 0 aliphatic carbocycles. The number of hydrogen-bond donors (Lipinski definition) is 2. The summed E-state index contributed by atoms with van der Waals surface area (Å²) in [6, 6.07) is 15.1. The zero-order valence-corrected chi connectivity index (χ0v) is 13.0. The van der Waals surface area contributed by atoms with Gasteiger partial charge in [-0.1, -0.05) is 36.4 Å². The summed E-state index contributed by atoms with van der Waals surface area (Å²) in [7, 11) is -3.79. The van der Waals surface area contributed by atoms with Crippen LogP contribution in [0.4, 0.5) is 5.69 Å². The number of carbonyl (C=O) groups excluding carboxylic acids is 1. The molecule has 7 heteroatoms. The fraction of sp³-hybridized carbons (Fsp3) is 0.188. The average Bonchev–Trinajstić information content (AvgIpc) is 2.54. The van der Waals surface area contributed by atoms with Crippen molar-refractivity contribution in [3.63, 3.8) is 0 Å². The number of aliphatic hydroxyl groups excluding tert-OH is 1. The maximum Gasteiger partial charge on any atom is 0.244 e. The third-order valence-electron chi connectivity index (χ3n) is 3.65. The molecule has 3 rings (SSSR count). The molecule has 0 fully saturated rings. The molecule has 0 aromatic heterocycles. The quantitative estimate of drug-likeness (QED) is 0.888. The van der Waals surface area contributed by atoms with Crippen LogP contribution in [-0.2, 0) is 14.8 Å². The molecule has 0 radical (unpaired) electrons. The molecule has 120 valence electrons. The molecule has 0 saturated heterocycles. The maximum absolute atomic E-state index is 12.6. The van der Waals surface area contributed by atoms with Crippen LogP contribution >= 0.6 is 0 Å². The monoisotopic (exact) mass is 332 g/mol. The molecule has 1 unspecified atom stereocenters. The Hall–Kier alpha value is -2.22. The molecule has 0 spiro atoms. The van der Waals surface area contributed by atoms with E-state index >= 15 is 0 Å². The van der Waals surface area contributed by atoms with Gasteiger partial charge in [0.15, 0.2) is 0 Å². The minimum atomic E-state index is -3.79. The van der Waals surface area contributed by atoms with E-state index in [1.54, 1.807) is 42.5 Å². The van der Waals surface area contributed by atoms with E-state index in [0.29, 0.717) is 11.3 Å². The Labute approximate surface area is 134 Å². The summed E-state index contributed by atoms with van der Waals surface area (Å²) in [4.78, 5) is 12.1. The van der Waals surface area contributed by atoms with Gasteiger partial charge in [0.25, 0.3) is 0 Å². The van der Waals surface area contributed by atoms with E-state index in [1.807, 2.05) is 6.07 Å². The second kappa shape index (κ2) is 6.11. The minimum Gasteiger partial charge on any atom is -0.387 e. The number of hydrogen-bond acceptors (Lipinski definition) is 4. The first-order chi connectivity index (χ1) is 11.0. The number of para-hydroxylation sites is 1. The van der Waals surface area contributed by atoms with Crippen molar-refractivity contribution < 1.29 is 18.3 Å². The fourth-order valence-electron chi connectivity index (χ4n) is 2.55. The largest absolute Gasteiger partial charge is 0.387 e. The predicted molar refractivity (Wildman–Crippen MR) is 85.2 cm³/mol. The molecule has 1 aliphatic rings. The summed E-state index contributed by atoms with van der Waals surface area (Å²) >= 11 is 0. The number of aliphatic hydroxyl groups is 1. The van der Waals surface area contributed by atoms with Gasteiger partial charge in [0, 0.05) is 17.8 Å². The van der Waals surface area contributed by atoms with Gasteiger partial charge in [-0.3, -0.25) is 4.79 Å². The molecule has 1 atom stereocenters. The van der Waals surface area contributed by atoms with Crippen molar-refractivity contribution in [2.24, 2.45) is 0 Å². The van der Waals surface area contributed by atoms with E-state index in [0.717, 1.165) is 4.31 Å². The number of sulfonamides is 1. The van der Waals surface area contributed by atoms with Crippen molar-refractivity contribution in [3.8, 4) is 0 Å². The standard InChI is InChI=1S/C16H16N2O4S/c19-14-10-18(11-16(20)17-12-6-2-1-3-7-12)23(21,22)15-9-5-4-8-13(14)15/h1-9,14,19H,10-11H2,(H,17,20). The molecule has 0 bridgehead atoms. The number of nitrogens with zero attached hydrogens (tertiary/aromatic N) is 1. The van der Waals surface area contributed by atoms with Crippen molar-refractivity contribution in [2.45, 2.75) is 11.0 Å². The molecular weight excluding hydrogens is 316 g/mol. The second-order valence-corrected chi connectivity index (χ2v) is 7.17. The van der Waals surface area contributed by atoms with E-state index < -0.39 is 22.0 Å². The van der Waals surface area contributed by atoms with E-state index in [1.165, 1.54) is 6.07 Å². The number of rotatable bonds is 3. The molecule has 6 nitrogen and oxygen atoms in total. The van der Waals surface area contributed by atoms with Crippen LogP contribution in [0.5, 0.6) is 0 Å². The predicted octanol–water partition coefficient (Wildman–Crippen LogP) is 1.36. The van der Waals surface area contributed by atoms with Crippen LogP contribution < -0.4 is 5.32 Å². The number of carbonyl (C=O) groups is 1. The first-order valence-electron chi connectivity index (χ1n) is 7.10. The van der Waals surface area contributed by atoms with Crippen molar-refractivity contribution in [1.82, 2.24) is 4.31 Å². The summed E-state index contributed by atoms with van der Waals surface area (Å²) in [6.45, 7) is -0.482. The first-order valence-corrected chi connectivity index (χ1v) is 8.54. The fourth-order valence-corrected chi connectivity index (χ4v) is 4.21. The highest BCUT2D eigenvalue weighted by Crippen LogP contribution is 2.31. The van der Waals surface area contributed by atoms with E-state index in [4.69, 9.17) is 0 Å². The number of amides is 1. The molecule has 23 heavy (non-hydrogen) atoms. The lowest BCUT2D eigenvalue weighted by atomic mass is 10.1. The van der Waals surface area contributed by atoms with Crippen molar-refractivity contribution in [3.05, 3.63) is 60.2 Å². The van der Waals surface area contributed by atoms with Gasteiger partial charge in [0.1, 0.15) is 0 Å². The molecule has 0 saturated carbocycles. The number of anilines is 1. The van der Waals surface area contributed by atoms with E-state index in [2.05, 4.69) is 5.32 Å². The minimum absolute atomic E-state index is 0.0475. The molecule has 1 heterocycles. The highest BCUT2D eigenvalue weighted by Gasteiger charge is 2.36. The lowest BCUT2D eigenvalue weighted by Gasteiger charge is -2.30. The molecule has 1 amide bonds. The van der Waals surface area contributed by atoms with Crippen molar-refractivity contribution in [2.75, 3.05) is 18.4 Å². The molecule has 2 N–H and O–H groups in total. The van der Waals surface area contributed by atoms with Gasteiger partial charge in [-0.05, 0) is 18.2 Å². The summed E-state index contributed by atoms with van der Waals surface area (Å²) in [6.07, 6.45) is -0.945. The maximum atomic E-state index is 12.6. The Bertz CT molecular complexity index is 821. The van der Waals surface area contributed by atoms with Gasteiger partial charge in [-0.15, -0.1) is 0 Å². The second-order valence-electron chi connectivity index (χ2n) is 5.27. The van der Waals surface area contributed by atoms with Crippen LogP contribution in [0.3, 0.4) is 0 Å². The highest BCUT2D eigenvalue weighted by atomic mass is 32.2. The molecule has 1 aliphatic heterocycles. The Kier molecular flexibility index (Phi) is 4.16. The van der Waals surface area contributed by atoms with Crippen LogP contribution in [0.25, 0.3) is 0 Å². The van der Waals surface area contributed by atoms with Crippen LogP contribution in [0.15, 0.2) is 59.5 Å². The smallest absolute Gasteiger partial charge is 0.244 e. The van der Waals surface area contributed by atoms with E-state index in [9.17, 15) is 18.3 Å². The van der Waals surface area contributed by atoms with Crippen LogP contribution in [0.1, 0.15) is 11.7 Å². The van der Waals surface area contributed by atoms with Crippen molar-refractivity contribution in [1.29, 1.82) is 0 Å². The van der Waals surface area contributed by atoms with Crippen LogP contribution in [0.2, 0.25) is 0 Å². The average molecular weight is 332 g/mol. The third-order valence-corrected chi connectivity index (χ3v) is 5.54. The molecular formula is C16H16N2O4S. The highest BCUT2D eigenvalue weighted by molar-refractivity contribution is 7.89. The zero-order chi connectivity index (χ0) is 16.4. The Morgan fingerprint density at radius 1 is 1.13 bits per heavy atom. The summed E-state index contributed by atoms with van der Waals surface area (Å²) < 4.78 is 26.1. The van der Waals surface area contributed by atoms with Gasteiger partial charge >= 0.3 is 0 Å². The lowest BCUT2D eigenvalue weighted by Crippen LogP contribution is -2.43. The van der Waals surface area contributed by atoms with Crippen LogP contribution in [0, 0.1) is 0 Å². The topological polar surface area (TPSA) is 86.7 Å². The SMILES string of the molecule is O=C(CN1CC(O)c2ccccc2S1(=O)=O)Nc1ccccc1. The summed E-state index contributed by atoms with van der Waals surface area (Å²) in [5.74, 6) is -0.452. The number of β-amino-alcohol motifs (C(OH)–C–C–N with tert-alkyl or cyclic N) is 1. The Balaban J connectivity index is 1.80.